The van der Waals surface area contributed by atoms with Crippen molar-refractivity contribution in [1.29, 1.82) is 0 Å². The van der Waals surface area contributed by atoms with E-state index in [1.165, 1.54) is 13.4 Å². The average Bonchev–Trinajstić information content (AvgIpc) is 2.71. The van der Waals surface area contributed by atoms with Gasteiger partial charge in [0.05, 0.1) is 13.4 Å². The fraction of sp³-hybridized carbons (Fsp3) is 0.545. The lowest BCUT2D eigenvalue weighted by molar-refractivity contribution is 0.0564. The molecule has 1 heterocycles. The first-order chi connectivity index (χ1) is 7.65. The van der Waals surface area contributed by atoms with Crippen molar-refractivity contribution in [2.45, 2.75) is 25.1 Å². The molecule has 1 unspecified atom stereocenters. The van der Waals surface area contributed by atoms with Gasteiger partial charge in [-0.25, -0.2) is 4.79 Å². The van der Waals surface area contributed by atoms with Crippen LogP contribution >= 0.6 is 11.8 Å². The van der Waals surface area contributed by atoms with Crippen LogP contribution in [0.2, 0.25) is 0 Å². The Hall–Kier alpha value is -0.940. The van der Waals surface area contributed by atoms with Crippen LogP contribution in [0.4, 0.5) is 0 Å². The molecule has 16 heavy (non-hydrogen) atoms. The minimum absolute atomic E-state index is 0.219. The fourth-order valence-corrected chi connectivity index (χ4v) is 2.30. The van der Waals surface area contributed by atoms with Gasteiger partial charge in [0.2, 0.25) is 5.76 Å². The molecule has 0 aromatic carbocycles. The summed E-state index contributed by atoms with van der Waals surface area (Å²) in [5, 5.41) is 0. The van der Waals surface area contributed by atoms with Crippen molar-refractivity contribution in [2.24, 2.45) is 5.73 Å². The van der Waals surface area contributed by atoms with E-state index in [2.05, 4.69) is 4.74 Å². The van der Waals surface area contributed by atoms with Crippen LogP contribution in [0.25, 0.3) is 0 Å². The van der Waals surface area contributed by atoms with Crippen LogP contribution in [0, 0.1) is 0 Å². The number of esters is 1. The molecule has 90 valence electrons. The van der Waals surface area contributed by atoms with E-state index in [1.54, 1.807) is 17.8 Å². The first kappa shape index (κ1) is 13.1. The molecule has 4 nitrogen and oxygen atoms in total. The Morgan fingerprint density at radius 3 is 3.06 bits per heavy atom. The molecule has 0 saturated heterocycles. The van der Waals surface area contributed by atoms with Gasteiger partial charge in [0, 0.05) is 17.4 Å². The maximum atomic E-state index is 11.3. The van der Waals surface area contributed by atoms with Gasteiger partial charge < -0.3 is 14.9 Å². The Kier molecular flexibility index (Phi) is 5.42. The fourth-order valence-electron chi connectivity index (χ4n) is 1.17. The van der Waals surface area contributed by atoms with Gasteiger partial charge in [-0.3, -0.25) is 0 Å². The van der Waals surface area contributed by atoms with E-state index in [0.717, 1.165) is 23.5 Å². The summed E-state index contributed by atoms with van der Waals surface area (Å²) in [7, 11) is 1.35. The first-order valence-electron chi connectivity index (χ1n) is 5.13. The van der Waals surface area contributed by atoms with E-state index in [-0.39, 0.29) is 6.04 Å². The number of carbonyl (C=O) groups is 1. The quantitative estimate of drug-likeness (QED) is 0.611. The Bertz CT molecular complexity index is 336. The number of hydrogen-bond acceptors (Lipinski definition) is 5. The lowest BCUT2D eigenvalue weighted by Crippen LogP contribution is -2.15. The molecule has 5 heteroatoms. The third-order valence-electron chi connectivity index (χ3n) is 2.09. The molecule has 0 amide bonds. The van der Waals surface area contributed by atoms with Gasteiger partial charge in [-0.1, -0.05) is 0 Å². The summed E-state index contributed by atoms with van der Waals surface area (Å²) in [4.78, 5) is 11.3. The van der Waals surface area contributed by atoms with E-state index >= 15 is 0 Å². The highest BCUT2D eigenvalue weighted by atomic mass is 32.2. The lowest BCUT2D eigenvalue weighted by atomic mass is 10.3. The van der Waals surface area contributed by atoms with Crippen molar-refractivity contribution in [3.63, 3.8) is 0 Å². The van der Waals surface area contributed by atoms with Gasteiger partial charge in [0.15, 0.2) is 0 Å². The minimum atomic E-state index is -0.423. The van der Waals surface area contributed by atoms with E-state index < -0.39 is 5.97 Å². The first-order valence-corrected chi connectivity index (χ1v) is 6.28. The highest BCUT2D eigenvalue weighted by Crippen LogP contribution is 2.19. The van der Waals surface area contributed by atoms with Crippen molar-refractivity contribution in [3.8, 4) is 0 Å². The van der Waals surface area contributed by atoms with E-state index in [9.17, 15) is 4.79 Å². The summed E-state index contributed by atoms with van der Waals surface area (Å²) in [6, 6.07) is 2.02. The SMILES string of the molecule is COC(=O)c1occc1CSCCC(C)N. The number of furan rings is 1. The third-order valence-corrected chi connectivity index (χ3v) is 3.13. The van der Waals surface area contributed by atoms with Crippen LogP contribution in [0.3, 0.4) is 0 Å². The molecule has 2 N–H and O–H groups in total. The number of ether oxygens (including phenoxy) is 1. The predicted molar refractivity (Wildman–Crippen MR) is 64.5 cm³/mol. The number of carbonyl (C=O) groups excluding carboxylic acids is 1. The monoisotopic (exact) mass is 243 g/mol. The Morgan fingerprint density at radius 1 is 1.69 bits per heavy atom. The topological polar surface area (TPSA) is 65.5 Å². The van der Waals surface area contributed by atoms with Gasteiger partial charge >= 0.3 is 5.97 Å². The standard InChI is InChI=1S/C11H17NO3S/c1-8(12)4-6-16-7-9-3-5-15-10(9)11(13)14-2/h3,5,8H,4,6-7,12H2,1-2H3. The second-order valence-corrected chi connectivity index (χ2v) is 4.69. The molecule has 1 aromatic rings. The second-order valence-electron chi connectivity index (χ2n) is 3.59. The number of thioether (sulfide) groups is 1. The molecule has 0 radical (unpaired) electrons. The Balaban J connectivity index is 2.42. The van der Waals surface area contributed by atoms with Gasteiger partial charge in [0.1, 0.15) is 0 Å². The summed E-state index contributed by atoms with van der Waals surface area (Å²) < 4.78 is 9.70. The van der Waals surface area contributed by atoms with Crippen molar-refractivity contribution >= 4 is 17.7 Å². The van der Waals surface area contributed by atoms with E-state index in [1.807, 2.05) is 6.92 Å². The second kappa shape index (κ2) is 6.60. The largest absolute Gasteiger partial charge is 0.463 e. The lowest BCUT2D eigenvalue weighted by Gasteiger charge is -2.04. The molecule has 0 bridgehead atoms. The molecule has 0 aliphatic heterocycles. The molecule has 0 fully saturated rings. The number of rotatable bonds is 6. The van der Waals surface area contributed by atoms with Crippen LogP contribution in [0.15, 0.2) is 16.7 Å². The summed E-state index contributed by atoms with van der Waals surface area (Å²) in [5.41, 5.74) is 6.52. The predicted octanol–water partition coefficient (Wildman–Crippen LogP) is 2.04. The molecule has 1 rings (SSSR count). The van der Waals surface area contributed by atoms with Crippen molar-refractivity contribution < 1.29 is 13.9 Å². The summed E-state index contributed by atoms with van der Waals surface area (Å²) in [5.74, 6) is 1.60. The smallest absolute Gasteiger partial charge is 0.374 e. The summed E-state index contributed by atoms with van der Waals surface area (Å²) >= 11 is 1.73. The van der Waals surface area contributed by atoms with Crippen LogP contribution in [0.1, 0.15) is 29.5 Å². The van der Waals surface area contributed by atoms with Crippen molar-refractivity contribution in [2.75, 3.05) is 12.9 Å². The molecule has 1 aromatic heterocycles. The summed E-state index contributed by atoms with van der Waals surface area (Å²) in [6.45, 7) is 1.98. The van der Waals surface area contributed by atoms with E-state index in [0.29, 0.717) is 5.76 Å². The Labute approximate surface area is 99.5 Å². The molecule has 1 atom stereocenters. The van der Waals surface area contributed by atoms with Crippen LogP contribution in [-0.4, -0.2) is 24.9 Å². The zero-order valence-corrected chi connectivity index (χ0v) is 10.4. The average molecular weight is 243 g/mol. The van der Waals surface area contributed by atoms with Crippen LogP contribution in [0.5, 0.6) is 0 Å². The maximum absolute atomic E-state index is 11.3. The summed E-state index contributed by atoms with van der Waals surface area (Å²) in [6.07, 6.45) is 2.48. The van der Waals surface area contributed by atoms with Gasteiger partial charge in [-0.05, 0) is 25.2 Å². The molecular weight excluding hydrogens is 226 g/mol. The van der Waals surface area contributed by atoms with Crippen LogP contribution in [-0.2, 0) is 10.5 Å². The number of nitrogens with two attached hydrogens (primary N) is 1. The van der Waals surface area contributed by atoms with Crippen molar-refractivity contribution in [1.82, 2.24) is 0 Å². The minimum Gasteiger partial charge on any atom is -0.463 e. The van der Waals surface area contributed by atoms with Crippen LogP contribution < -0.4 is 5.73 Å². The maximum Gasteiger partial charge on any atom is 0.374 e. The number of hydrogen-bond donors (Lipinski definition) is 1. The molecule has 0 aliphatic rings. The van der Waals surface area contributed by atoms with Crippen molar-refractivity contribution in [3.05, 3.63) is 23.7 Å². The van der Waals surface area contributed by atoms with Gasteiger partial charge in [-0.15, -0.1) is 0 Å². The Morgan fingerprint density at radius 2 is 2.44 bits per heavy atom. The van der Waals surface area contributed by atoms with Gasteiger partial charge in [0.25, 0.3) is 0 Å². The van der Waals surface area contributed by atoms with E-state index in [4.69, 9.17) is 10.2 Å². The molecule has 0 spiro atoms. The molecular formula is C11H17NO3S. The molecule has 0 saturated carbocycles. The zero-order chi connectivity index (χ0) is 12.0. The number of methoxy groups -OCH3 is 1. The highest BCUT2D eigenvalue weighted by molar-refractivity contribution is 7.98. The molecule has 0 aliphatic carbocycles. The normalized spacial score (nSPS) is 12.4. The zero-order valence-electron chi connectivity index (χ0n) is 9.56. The van der Waals surface area contributed by atoms with Gasteiger partial charge in [-0.2, -0.15) is 11.8 Å². The third kappa shape index (κ3) is 3.90. The highest BCUT2D eigenvalue weighted by Gasteiger charge is 2.15.